The normalized spacial score (nSPS) is 13.6. The van der Waals surface area contributed by atoms with E-state index in [9.17, 15) is 8.42 Å². The molecule has 1 unspecified atom stereocenters. The lowest BCUT2D eigenvalue weighted by Crippen LogP contribution is -2.37. The average molecular weight is 320 g/mol. The van der Waals surface area contributed by atoms with E-state index in [-0.39, 0.29) is 11.8 Å². The second kappa shape index (κ2) is 6.52. The van der Waals surface area contributed by atoms with Gasteiger partial charge in [0.2, 0.25) is 0 Å². The van der Waals surface area contributed by atoms with Crippen LogP contribution in [0.5, 0.6) is 0 Å². The molecule has 1 rings (SSSR count). The molecule has 3 nitrogen and oxygen atoms in total. The van der Waals surface area contributed by atoms with Crippen LogP contribution in [0.2, 0.25) is 0 Å². The maximum atomic E-state index is 11.3. The Labute approximate surface area is 112 Å². The Morgan fingerprint density at radius 3 is 2.65 bits per heavy atom. The number of rotatable bonds is 6. The highest BCUT2D eigenvalue weighted by Gasteiger charge is 2.14. The quantitative estimate of drug-likeness (QED) is 0.872. The highest BCUT2D eigenvalue weighted by Crippen LogP contribution is 2.13. The van der Waals surface area contributed by atoms with Gasteiger partial charge in [0.1, 0.15) is 9.84 Å². The summed E-state index contributed by atoms with van der Waals surface area (Å²) < 4.78 is 23.7. The minimum atomic E-state index is -2.95. The average Bonchev–Trinajstić information content (AvgIpc) is 2.15. The van der Waals surface area contributed by atoms with Gasteiger partial charge < -0.3 is 5.32 Å². The largest absolute Gasteiger partial charge is 0.313 e. The van der Waals surface area contributed by atoms with Gasteiger partial charge in [0.25, 0.3) is 0 Å². The van der Waals surface area contributed by atoms with Crippen LogP contribution in [-0.4, -0.2) is 33.0 Å². The molecule has 0 heterocycles. The molecule has 1 N–H and O–H groups in total. The van der Waals surface area contributed by atoms with Crippen LogP contribution < -0.4 is 5.32 Å². The lowest BCUT2D eigenvalue weighted by Gasteiger charge is -2.17. The van der Waals surface area contributed by atoms with Gasteiger partial charge in [-0.2, -0.15) is 0 Å². The lowest BCUT2D eigenvalue weighted by atomic mass is 10.1. The summed E-state index contributed by atoms with van der Waals surface area (Å²) in [6.07, 6.45) is 2.00. The minimum absolute atomic E-state index is 0.0238. The first-order valence-electron chi connectivity index (χ1n) is 5.56. The van der Waals surface area contributed by atoms with Gasteiger partial charge in [-0.3, -0.25) is 0 Å². The number of halogens is 1. The van der Waals surface area contributed by atoms with Crippen LogP contribution in [0.3, 0.4) is 0 Å². The van der Waals surface area contributed by atoms with E-state index in [1.54, 1.807) is 0 Å². The Morgan fingerprint density at radius 1 is 1.41 bits per heavy atom. The highest BCUT2D eigenvalue weighted by molar-refractivity contribution is 9.10. The van der Waals surface area contributed by atoms with E-state index < -0.39 is 9.84 Å². The summed E-state index contributed by atoms with van der Waals surface area (Å²) >= 11 is 3.41. The molecule has 0 spiro atoms. The summed E-state index contributed by atoms with van der Waals surface area (Å²) in [5.74, 6) is 0.174. The Kier molecular flexibility index (Phi) is 5.62. The number of sulfone groups is 1. The second-order valence-corrected chi connectivity index (χ2v) is 7.28. The van der Waals surface area contributed by atoms with Gasteiger partial charge in [0.15, 0.2) is 0 Å². The van der Waals surface area contributed by atoms with E-state index in [1.165, 1.54) is 6.26 Å². The van der Waals surface area contributed by atoms with Crippen LogP contribution in [0, 0.1) is 0 Å². The summed E-state index contributed by atoms with van der Waals surface area (Å²) in [5.41, 5.74) is 1.13. The summed E-state index contributed by atoms with van der Waals surface area (Å²) in [6.45, 7) is 2.75. The minimum Gasteiger partial charge on any atom is -0.313 e. The lowest BCUT2D eigenvalue weighted by molar-refractivity contribution is 0.545. The van der Waals surface area contributed by atoms with E-state index in [2.05, 4.69) is 21.2 Å². The first-order chi connectivity index (χ1) is 7.90. The predicted octanol–water partition coefficient (Wildman–Crippen LogP) is 2.01. The van der Waals surface area contributed by atoms with Crippen LogP contribution in [0.15, 0.2) is 28.7 Å². The second-order valence-electron chi connectivity index (χ2n) is 4.18. The van der Waals surface area contributed by atoms with Crippen molar-refractivity contribution in [2.24, 2.45) is 0 Å². The monoisotopic (exact) mass is 319 g/mol. The Morgan fingerprint density at radius 2 is 2.12 bits per heavy atom. The van der Waals surface area contributed by atoms with Crippen molar-refractivity contribution in [3.63, 3.8) is 0 Å². The summed E-state index contributed by atoms with van der Waals surface area (Å²) in [5, 5.41) is 3.21. The summed E-state index contributed by atoms with van der Waals surface area (Å²) in [6, 6.07) is 7.93. The van der Waals surface area contributed by atoms with Crippen LogP contribution in [0.1, 0.15) is 12.5 Å². The van der Waals surface area contributed by atoms with E-state index in [1.807, 2.05) is 31.2 Å². The first-order valence-corrected chi connectivity index (χ1v) is 8.41. The van der Waals surface area contributed by atoms with Gasteiger partial charge in [-0.1, -0.05) is 35.0 Å². The van der Waals surface area contributed by atoms with E-state index in [4.69, 9.17) is 0 Å². The van der Waals surface area contributed by atoms with Gasteiger partial charge in [-0.05, 0) is 30.7 Å². The van der Waals surface area contributed by atoms with Gasteiger partial charge in [0, 0.05) is 16.8 Å². The Bertz CT molecular complexity index is 459. The fourth-order valence-electron chi connectivity index (χ4n) is 1.79. The third-order valence-corrected chi connectivity index (χ3v) is 3.87. The molecular weight excluding hydrogens is 302 g/mol. The maximum Gasteiger partial charge on any atom is 0.148 e. The molecule has 1 aromatic carbocycles. The SMILES string of the molecule is CCNC(Cc1cccc(Br)c1)CS(C)(=O)=O. The number of nitrogens with one attached hydrogen (secondary N) is 1. The topological polar surface area (TPSA) is 46.2 Å². The zero-order valence-electron chi connectivity index (χ0n) is 10.1. The highest BCUT2D eigenvalue weighted by atomic mass is 79.9. The molecule has 17 heavy (non-hydrogen) atoms. The zero-order chi connectivity index (χ0) is 12.9. The van der Waals surface area contributed by atoms with Gasteiger partial charge >= 0.3 is 0 Å². The molecule has 96 valence electrons. The summed E-state index contributed by atoms with van der Waals surface area (Å²) in [4.78, 5) is 0. The molecule has 0 aliphatic rings. The van der Waals surface area contributed by atoms with Crippen molar-refractivity contribution in [3.8, 4) is 0 Å². The van der Waals surface area contributed by atoms with Crippen molar-refractivity contribution < 1.29 is 8.42 Å². The fourth-order valence-corrected chi connectivity index (χ4v) is 3.21. The number of benzene rings is 1. The number of hydrogen-bond acceptors (Lipinski definition) is 3. The maximum absolute atomic E-state index is 11.3. The summed E-state index contributed by atoms with van der Waals surface area (Å²) in [7, 11) is -2.95. The van der Waals surface area contributed by atoms with Crippen molar-refractivity contribution in [1.82, 2.24) is 5.32 Å². The van der Waals surface area contributed by atoms with Crippen molar-refractivity contribution in [2.75, 3.05) is 18.6 Å². The van der Waals surface area contributed by atoms with E-state index in [0.29, 0.717) is 0 Å². The molecule has 0 fully saturated rings. The number of hydrogen-bond donors (Lipinski definition) is 1. The van der Waals surface area contributed by atoms with Crippen molar-refractivity contribution in [2.45, 2.75) is 19.4 Å². The van der Waals surface area contributed by atoms with Gasteiger partial charge in [-0.15, -0.1) is 0 Å². The molecular formula is C12H18BrNO2S. The molecule has 0 aromatic heterocycles. The first kappa shape index (κ1) is 14.7. The molecule has 5 heteroatoms. The van der Waals surface area contributed by atoms with Crippen molar-refractivity contribution >= 4 is 25.8 Å². The smallest absolute Gasteiger partial charge is 0.148 e. The Balaban J connectivity index is 2.73. The predicted molar refractivity (Wildman–Crippen MR) is 75.0 cm³/mol. The van der Waals surface area contributed by atoms with E-state index >= 15 is 0 Å². The molecule has 0 saturated heterocycles. The molecule has 1 aromatic rings. The molecule has 0 bridgehead atoms. The third-order valence-electron chi connectivity index (χ3n) is 2.37. The molecule has 0 amide bonds. The number of likely N-dealkylation sites (N-methyl/N-ethyl adjacent to an activating group) is 1. The standard InChI is InChI=1S/C12H18BrNO2S/c1-3-14-12(9-17(2,15)16)8-10-5-4-6-11(13)7-10/h4-7,12,14H,3,8-9H2,1-2H3. The molecule has 0 aliphatic carbocycles. The van der Waals surface area contributed by atoms with Crippen LogP contribution >= 0.6 is 15.9 Å². The van der Waals surface area contributed by atoms with Gasteiger partial charge in [-0.25, -0.2) is 8.42 Å². The molecule has 0 aliphatic heterocycles. The zero-order valence-corrected chi connectivity index (χ0v) is 12.5. The van der Waals surface area contributed by atoms with Gasteiger partial charge in [0.05, 0.1) is 5.75 Å². The third kappa shape index (κ3) is 6.19. The molecule has 0 radical (unpaired) electrons. The Hall–Kier alpha value is -0.390. The van der Waals surface area contributed by atoms with Crippen LogP contribution in [0.25, 0.3) is 0 Å². The molecule has 1 atom stereocenters. The van der Waals surface area contributed by atoms with Crippen molar-refractivity contribution in [1.29, 1.82) is 0 Å². The van der Waals surface area contributed by atoms with E-state index in [0.717, 1.165) is 23.0 Å². The van der Waals surface area contributed by atoms with Crippen LogP contribution in [-0.2, 0) is 16.3 Å². The van der Waals surface area contributed by atoms with Crippen LogP contribution in [0.4, 0.5) is 0 Å². The van der Waals surface area contributed by atoms with Crippen molar-refractivity contribution in [3.05, 3.63) is 34.3 Å². The fraction of sp³-hybridized carbons (Fsp3) is 0.500. The molecule has 0 saturated carbocycles.